The lowest BCUT2D eigenvalue weighted by Crippen LogP contribution is -2.13. The number of rotatable bonds is 2. The van der Waals surface area contributed by atoms with Crippen LogP contribution >= 0.6 is 11.5 Å². The fraction of sp³-hybridized carbons (Fsp3) is 0.385. The summed E-state index contributed by atoms with van der Waals surface area (Å²) < 4.78 is 9.17. The standard InChI is InChI=1S/C13H15N5OS/c1-13(2,3)10-9(20-18-17-10)12-14-7-5-6-8(19-4)15-11(7)16-12/h5-6H,1-4H3,(H,14,15,16). The zero-order chi connectivity index (χ0) is 14.3. The summed E-state index contributed by atoms with van der Waals surface area (Å²) in [5.74, 6) is 1.30. The Morgan fingerprint density at radius 2 is 2.00 bits per heavy atom. The largest absolute Gasteiger partial charge is 0.481 e. The molecular formula is C13H15N5OS. The highest BCUT2D eigenvalue weighted by atomic mass is 32.1. The molecule has 0 spiro atoms. The van der Waals surface area contributed by atoms with Gasteiger partial charge >= 0.3 is 0 Å². The molecule has 0 aliphatic heterocycles. The maximum atomic E-state index is 5.11. The van der Waals surface area contributed by atoms with Crippen molar-refractivity contribution in [3.63, 3.8) is 0 Å². The number of imidazole rings is 1. The van der Waals surface area contributed by atoms with Gasteiger partial charge in [-0.15, -0.1) is 5.10 Å². The Labute approximate surface area is 120 Å². The highest BCUT2D eigenvalue weighted by Crippen LogP contribution is 2.33. The first-order valence-electron chi connectivity index (χ1n) is 6.23. The molecule has 0 aliphatic carbocycles. The summed E-state index contributed by atoms with van der Waals surface area (Å²) in [6.45, 7) is 6.32. The molecule has 104 valence electrons. The normalized spacial score (nSPS) is 12.0. The number of fused-ring (bicyclic) bond motifs is 1. The van der Waals surface area contributed by atoms with Crippen molar-refractivity contribution in [2.24, 2.45) is 0 Å². The van der Waals surface area contributed by atoms with Crippen LogP contribution in [0.1, 0.15) is 26.5 Å². The minimum Gasteiger partial charge on any atom is -0.481 e. The number of nitrogens with zero attached hydrogens (tertiary/aromatic N) is 4. The van der Waals surface area contributed by atoms with Gasteiger partial charge in [-0.2, -0.15) is 4.98 Å². The van der Waals surface area contributed by atoms with E-state index in [9.17, 15) is 0 Å². The van der Waals surface area contributed by atoms with E-state index < -0.39 is 0 Å². The molecule has 0 fully saturated rings. The minimum absolute atomic E-state index is 0.0770. The van der Waals surface area contributed by atoms with Gasteiger partial charge in [0.05, 0.1) is 18.3 Å². The van der Waals surface area contributed by atoms with Crippen molar-refractivity contribution in [3.8, 4) is 16.6 Å². The maximum Gasteiger partial charge on any atom is 0.215 e. The van der Waals surface area contributed by atoms with Crippen LogP contribution in [0.3, 0.4) is 0 Å². The number of hydrogen-bond donors (Lipinski definition) is 1. The van der Waals surface area contributed by atoms with Crippen molar-refractivity contribution < 1.29 is 4.74 Å². The monoisotopic (exact) mass is 289 g/mol. The van der Waals surface area contributed by atoms with Crippen LogP contribution in [0.5, 0.6) is 5.88 Å². The SMILES string of the molecule is COc1ccc2[nH]c(-c3snnc3C(C)(C)C)nc2n1. The van der Waals surface area contributed by atoms with Crippen LogP contribution in [-0.2, 0) is 5.41 Å². The first-order chi connectivity index (χ1) is 9.49. The van der Waals surface area contributed by atoms with Crippen LogP contribution in [0.2, 0.25) is 0 Å². The lowest BCUT2D eigenvalue weighted by atomic mass is 9.91. The van der Waals surface area contributed by atoms with Crippen LogP contribution in [0.15, 0.2) is 12.1 Å². The van der Waals surface area contributed by atoms with Gasteiger partial charge in [-0.1, -0.05) is 25.3 Å². The summed E-state index contributed by atoms with van der Waals surface area (Å²) in [4.78, 5) is 13.1. The molecule has 3 rings (SSSR count). The third-order valence-electron chi connectivity index (χ3n) is 2.94. The second-order valence-electron chi connectivity index (χ2n) is 5.51. The molecule has 0 amide bonds. The van der Waals surface area contributed by atoms with Crippen LogP contribution < -0.4 is 4.74 Å². The van der Waals surface area contributed by atoms with Gasteiger partial charge in [0, 0.05) is 11.5 Å². The molecule has 3 heterocycles. The minimum atomic E-state index is -0.0770. The van der Waals surface area contributed by atoms with Gasteiger partial charge in [0.1, 0.15) is 4.88 Å². The van der Waals surface area contributed by atoms with Crippen LogP contribution in [0, 0.1) is 0 Å². The zero-order valence-corrected chi connectivity index (χ0v) is 12.6. The molecule has 0 saturated carbocycles. The van der Waals surface area contributed by atoms with E-state index in [0.29, 0.717) is 11.5 Å². The van der Waals surface area contributed by atoms with E-state index in [-0.39, 0.29) is 5.41 Å². The highest BCUT2D eigenvalue weighted by Gasteiger charge is 2.25. The number of nitrogens with one attached hydrogen (secondary N) is 1. The number of hydrogen-bond acceptors (Lipinski definition) is 6. The number of aromatic nitrogens is 5. The van der Waals surface area contributed by atoms with Crippen molar-refractivity contribution in [3.05, 3.63) is 17.8 Å². The third-order valence-corrected chi connectivity index (χ3v) is 3.68. The number of ether oxygens (including phenoxy) is 1. The van der Waals surface area contributed by atoms with Crippen molar-refractivity contribution in [2.45, 2.75) is 26.2 Å². The summed E-state index contributed by atoms with van der Waals surface area (Å²) in [5.41, 5.74) is 2.36. The first-order valence-corrected chi connectivity index (χ1v) is 7.00. The van der Waals surface area contributed by atoms with E-state index in [1.807, 2.05) is 6.07 Å². The molecule has 3 aromatic heterocycles. The molecule has 3 aromatic rings. The fourth-order valence-electron chi connectivity index (χ4n) is 1.93. The van der Waals surface area contributed by atoms with Gasteiger partial charge in [0.15, 0.2) is 11.5 Å². The van der Waals surface area contributed by atoms with E-state index in [2.05, 4.69) is 45.3 Å². The molecule has 6 nitrogen and oxygen atoms in total. The van der Waals surface area contributed by atoms with Crippen molar-refractivity contribution in [1.29, 1.82) is 0 Å². The summed E-state index contributed by atoms with van der Waals surface area (Å²) >= 11 is 1.34. The quantitative estimate of drug-likeness (QED) is 0.785. The van der Waals surface area contributed by atoms with E-state index in [1.54, 1.807) is 13.2 Å². The summed E-state index contributed by atoms with van der Waals surface area (Å²) in [5, 5.41) is 4.23. The smallest absolute Gasteiger partial charge is 0.215 e. The van der Waals surface area contributed by atoms with E-state index >= 15 is 0 Å². The Hall–Kier alpha value is -2.02. The molecule has 1 N–H and O–H groups in total. The fourth-order valence-corrected chi connectivity index (χ4v) is 2.75. The molecule has 7 heteroatoms. The van der Waals surface area contributed by atoms with E-state index in [0.717, 1.165) is 21.9 Å². The third kappa shape index (κ3) is 2.14. The molecule has 0 aliphatic rings. The molecule has 0 bridgehead atoms. The molecular weight excluding hydrogens is 274 g/mol. The van der Waals surface area contributed by atoms with Gasteiger partial charge in [-0.05, 0) is 17.6 Å². The predicted molar refractivity (Wildman–Crippen MR) is 78.0 cm³/mol. The summed E-state index contributed by atoms with van der Waals surface area (Å²) in [6.07, 6.45) is 0. The van der Waals surface area contributed by atoms with Crippen LogP contribution in [0.4, 0.5) is 0 Å². The Balaban J connectivity index is 2.13. The first kappa shape index (κ1) is 13.0. The average molecular weight is 289 g/mol. The molecule has 0 saturated heterocycles. The number of H-pyrrole nitrogens is 1. The molecule has 0 radical (unpaired) electrons. The second kappa shape index (κ2) is 4.52. The van der Waals surface area contributed by atoms with E-state index in [1.165, 1.54) is 11.5 Å². The Kier molecular flexibility index (Phi) is 2.93. The van der Waals surface area contributed by atoms with Gasteiger partial charge < -0.3 is 9.72 Å². The maximum absolute atomic E-state index is 5.11. The topological polar surface area (TPSA) is 76.6 Å². The predicted octanol–water partition coefficient (Wildman–Crippen LogP) is 2.78. The summed E-state index contributed by atoms with van der Waals surface area (Å²) in [6, 6.07) is 3.71. The Morgan fingerprint density at radius 3 is 2.70 bits per heavy atom. The lowest BCUT2D eigenvalue weighted by Gasteiger charge is -2.15. The summed E-state index contributed by atoms with van der Waals surface area (Å²) in [7, 11) is 1.59. The highest BCUT2D eigenvalue weighted by molar-refractivity contribution is 7.09. The van der Waals surface area contributed by atoms with Crippen molar-refractivity contribution in [1.82, 2.24) is 24.5 Å². The van der Waals surface area contributed by atoms with Crippen LogP contribution in [0.25, 0.3) is 21.9 Å². The molecule has 0 atom stereocenters. The van der Waals surface area contributed by atoms with Crippen LogP contribution in [-0.4, -0.2) is 31.6 Å². The van der Waals surface area contributed by atoms with Crippen molar-refractivity contribution >= 4 is 22.7 Å². The van der Waals surface area contributed by atoms with Gasteiger partial charge in [0.25, 0.3) is 0 Å². The average Bonchev–Trinajstić information content (AvgIpc) is 3.03. The van der Waals surface area contributed by atoms with Crippen molar-refractivity contribution in [2.75, 3.05) is 7.11 Å². The van der Waals surface area contributed by atoms with Gasteiger partial charge in [-0.3, -0.25) is 0 Å². The lowest BCUT2D eigenvalue weighted by molar-refractivity contribution is 0.399. The Bertz CT molecular complexity index is 756. The zero-order valence-electron chi connectivity index (χ0n) is 11.8. The molecule has 20 heavy (non-hydrogen) atoms. The Morgan fingerprint density at radius 1 is 1.20 bits per heavy atom. The van der Waals surface area contributed by atoms with Gasteiger partial charge in [-0.25, -0.2) is 4.98 Å². The van der Waals surface area contributed by atoms with E-state index in [4.69, 9.17) is 4.74 Å². The number of pyridine rings is 1. The second-order valence-corrected chi connectivity index (χ2v) is 6.26. The molecule has 0 unspecified atom stereocenters. The van der Waals surface area contributed by atoms with Gasteiger partial charge in [0.2, 0.25) is 5.88 Å². The number of aromatic amines is 1. The number of methoxy groups -OCH3 is 1. The molecule has 0 aromatic carbocycles.